The number of carbonyl (C=O) groups is 2. The van der Waals surface area contributed by atoms with E-state index in [1.807, 2.05) is 73.5 Å². The van der Waals surface area contributed by atoms with Crippen molar-refractivity contribution < 1.29 is 45.8 Å². The minimum atomic E-state index is -5.01. The molecule has 276 valence electrons. The number of nitrogens with zero attached hydrogens (tertiary/aromatic N) is 2. The number of likely N-dealkylation sites (N-methyl/N-ethyl adjacent to an activating group) is 1. The maximum Gasteiger partial charge on any atom is 0.416 e. The Morgan fingerprint density at radius 3 is 2.25 bits per heavy atom. The first kappa shape index (κ1) is 38.4. The number of hydrogen-bond acceptors (Lipinski definition) is 5. The second kappa shape index (κ2) is 15.8. The molecule has 0 saturated heterocycles. The first-order valence-corrected chi connectivity index (χ1v) is 16.7. The molecular formula is C39H39F6N3O4. The Kier molecular flexibility index (Phi) is 11.6. The molecule has 0 aromatic heterocycles. The van der Waals surface area contributed by atoms with Crippen LogP contribution in [0.5, 0.6) is 5.75 Å². The Balaban J connectivity index is 1.42. The maximum atomic E-state index is 13.8. The molecule has 0 spiro atoms. The summed E-state index contributed by atoms with van der Waals surface area (Å²) in [5.41, 5.74) is -0.349. The zero-order chi connectivity index (χ0) is 37.8. The van der Waals surface area contributed by atoms with E-state index in [0.717, 1.165) is 16.7 Å². The van der Waals surface area contributed by atoms with Crippen molar-refractivity contribution in [2.24, 2.45) is 5.92 Å². The van der Waals surface area contributed by atoms with Gasteiger partial charge in [0.05, 0.1) is 41.4 Å². The number of aliphatic hydroxyl groups excluding tert-OH is 1. The number of fused-ring (bicyclic) bond motifs is 1. The number of para-hydroxylation sites is 1. The standard InChI is InChI=1S/C39H39F6N3O4/c1-24-20-48(25(2)23-49)37(51)31-10-7-11-33(46-35(50)19-29-18-30(38(40,41)42)16-17-32(29)39(43,44)45)36(31)52-34(24)22-47(3)21-26-12-14-28(15-13-26)27-8-5-4-6-9-27/h4-18,24-25,34,49H,19-23H2,1-3H3,(H,46,50)/t24-,25+,34-/m1/s1. The lowest BCUT2D eigenvalue weighted by Gasteiger charge is -2.38. The lowest BCUT2D eigenvalue weighted by molar-refractivity contribution is -0.142. The predicted molar refractivity (Wildman–Crippen MR) is 185 cm³/mol. The molecule has 52 heavy (non-hydrogen) atoms. The molecule has 0 unspecified atom stereocenters. The molecule has 5 rings (SSSR count). The largest absolute Gasteiger partial charge is 0.486 e. The van der Waals surface area contributed by atoms with Gasteiger partial charge in [-0.25, -0.2) is 0 Å². The van der Waals surface area contributed by atoms with Crippen molar-refractivity contribution in [3.63, 3.8) is 0 Å². The second-order valence-corrected chi connectivity index (χ2v) is 13.2. The van der Waals surface area contributed by atoms with E-state index in [1.165, 1.54) is 23.1 Å². The summed E-state index contributed by atoms with van der Waals surface area (Å²) in [6, 6.07) is 22.8. The SMILES string of the molecule is C[C@@H]1CN([C@@H](C)CO)C(=O)c2cccc(NC(=O)Cc3cc(C(F)(F)F)ccc3C(F)(F)F)c2O[C@@H]1CN(C)Cc1ccc(-c2ccccc2)cc1. The zero-order valence-electron chi connectivity index (χ0n) is 28.8. The highest BCUT2D eigenvalue weighted by Gasteiger charge is 2.38. The number of aliphatic hydroxyl groups is 1. The van der Waals surface area contributed by atoms with Gasteiger partial charge in [0.1, 0.15) is 6.10 Å². The van der Waals surface area contributed by atoms with Crippen LogP contribution in [0, 0.1) is 5.92 Å². The van der Waals surface area contributed by atoms with Gasteiger partial charge in [0, 0.05) is 25.6 Å². The highest BCUT2D eigenvalue weighted by Crippen LogP contribution is 2.38. The molecule has 2 N–H and O–H groups in total. The van der Waals surface area contributed by atoms with Crippen LogP contribution in [-0.2, 0) is 30.1 Å². The van der Waals surface area contributed by atoms with Crippen LogP contribution >= 0.6 is 0 Å². The normalized spacial score (nSPS) is 17.2. The van der Waals surface area contributed by atoms with E-state index in [4.69, 9.17) is 4.74 Å². The van der Waals surface area contributed by atoms with Gasteiger partial charge in [-0.15, -0.1) is 0 Å². The molecule has 0 aliphatic carbocycles. The van der Waals surface area contributed by atoms with Crippen LogP contribution in [0.2, 0.25) is 0 Å². The molecule has 0 bridgehead atoms. The molecule has 1 heterocycles. The summed E-state index contributed by atoms with van der Waals surface area (Å²) in [7, 11) is 1.90. The number of benzene rings is 4. The molecule has 4 aromatic rings. The van der Waals surface area contributed by atoms with Gasteiger partial charge < -0.3 is 20.1 Å². The molecule has 0 saturated carbocycles. The van der Waals surface area contributed by atoms with Crippen LogP contribution in [0.3, 0.4) is 0 Å². The van der Waals surface area contributed by atoms with Gasteiger partial charge >= 0.3 is 12.4 Å². The van der Waals surface area contributed by atoms with E-state index in [1.54, 1.807) is 6.92 Å². The van der Waals surface area contributed by atoms with Crippen LogP contribution in [0.4, 0.5) is 32.0 Å². The number of anilines is 1. The van der Waals surface area contributed by atoms with Crippen LogP contribution in [0.15, 0.2) is 91.0 Å². The summed E-state index contributed by atoms with van der Waals surface area (Å²) in [6.45, 7) is 4.38. The third-order valence-electron chi connectivity index (χ3n) is 9.06. The maximum absolute atomic E-state index is 13.8. The summed E-state index contributed by atoms with van der Waals surface area (Å²) in [5.74, 6) is -1.87. The second-order valence-electron chi connectivity index (χ2n) is 13.2. The molecule has 0 radical (unpaired) electrons. The molecule has 13 heteroatoms. The third-order valence-corrected chi connectivity index (χ3v) is 9.06. The number of nitrogens with one attached hydrogen (secondary N) is 1. The summed E-state index contributed by atoms with van der Waals surface area (Å²) in [6.07, 6.45) is -11.5. The average Bonchev–Trinajstić information content (AvgIpc) is 3.09. The van der Waals surface area contributed by atoms with Gasteiger partial charge in [0.15, 0.2) is 5.75 Å². The molecular weight excluding hydrogens is 688 g/mol. The van der Waals surface area contributed by atoms with E-state index in [9.17, 15) is 41.0 Å². The van der Waals surface area contributed by atoms with Crippen LogP contribution in [0.1, 0.15) is 46.5 Å². The quantitative estimate of drug-likeness (QED) is 0.162. The highest BCUT2D eigenvalue weighted by atomic mass is 19.4. The molecule has 2 amide bonds. The number of hydrogen-bond donors (Lipinski definition) is 2. The van der Waals surface area contributed by atoms with E-state index in [-0.39, 0.29) is 36.1 Å². The molecule has 4 aromatic carbocycles. The molecule has 7 nitrogen and oxygen atoms in total. The van der Waals surface area contributed by atoms with E-state index in [2.05, 4.69) is 5.32 Å². The Hall–Kier alpha value is -4.88. The van der Waals surface area contributed by atoms with Crippen molar-refractivity contribution in [1.29, 1.82) is 0 Å². The Labute approximate surface area is 297 Å². The highest BCUT2D eigenvalue weighted by molar-refractivity contribution is 6.02. The smallest absolute Gasteiger partial charge is 0.416 e. The summed E-state index contributed by atoms with van der Waals surface area (Å²) < 4.78 is 87.9. The Morgan fingerprint density at radius 1 is 0.942 bits per heavy atom. The van der Waals surface area contributed by atoms with Gasteiger partial charge in [-0.2, -0.15) is 26.3 Å². The number of carbonyl (C=O) groups excluding carboxylic acids is 2. The first-order valence-electron chi connectivity index (χ1n) is 16.7. The summed E-state index contributed by atoms with van der Waals surface area (Å²) >= 11 is 0. The van der Waals surface area contributed by atoms with Crippen molar-refractivity contribution >= 4 is 17.5 Å². The fraction of sp³-hybridized carbons (Fsp3) is 0.333. The molecule has 1 aliphatic rings. The fourth-order valence-corrected chi connectivity index (χ4v) is 6.24. The number of amides is 2. The van der Waals surface area contributed by atoms with Gasteiger partial charge in [0.25, 0.3) is 5.91 Å². The van der Waals surface area contributed by atoms with Crippen LogP contribution in [0.25, 0.3) is 11.1 Å². The van der Waals surface area contributed by atoms with E-state index >= 15 is 0 Å². The molecule has 0 fully saturated rings. The monoisotopic (exact) mass is 727 g/mol. The number of alkyl halides is 6. The van der Waals surface area contributed by atoms with Crippen LogP contribution in [-0.4, -0.2) is 65.6 Å². The van der Waals surface area contributed by atoms with Crippen molar-refractivity contribution in [2.45, 2.75) is 51.3 Å². The average molecular weight is 728 g/mol. The summed E-state index contributed by atoms with van der Waals surface area (Å²) in [5, 5.41) is 12.5. The minimum absolute atomic E-state index is 0.0340. The van der Waals surface area contributed by atoms with Gasteiger partial charge in [-0.3, -0.25) is 14.5 Å². The van der Waals surface area contributed by atoms with Crippen molar-refractivity contribution in [2.75, 3.05) is 32.1 Å². The van der Waals surface area contributed by atoms with Crippen LogP contribution < -0.4 is 10.1 Å². The van der Waals surface area contributed by atoms with Crippen molar-refractivity contribution in [1.82, 2.24) is 9.80 Å². The minimum Gasteiger partial charge on any atom is -0.486 e. The number of rotatable bonds is 10. The van der Waals surface area contributed by atoms with Gasteiger partial charge in [0.2, 0.25) is 5.91 Å². The Bertz CT molecular complexity index is 1870. The fourth-order valence-electron chi connectivity index (χ4n) is 6.24. The van der Waals surface area contributed by atoms with E-state index < -0.39 is 59.4 Å². The van der Waals surface area contributed by atoms with Gasteiger partial charge in [-0.1, -0.05) is 67.6 Å². The summed E-state index contributed by atoms with van der Waals surface area (Å²) in [4.78, 5) is 30.6. The lowest BCUT2D eigenvalue weighted by Crippen LogP contribution is -2.49. The number of ether oxygens (including phenoxy) is 1. The third kappa shape index (κ3) is 9.12. The lowest BCUT2D eigenvalue weighted by atomic mass is 9.98. The predicted octanol–water partition coefficient (Wildman–Crippen LogP) is 7.92. The van der Waals surface area contributed by atoms with E-state index in [0.29, 0.717) is 31.3 Å². The molecule has 3 atom stereocenters. The topological polar surface area (TPSA) is 82.1 Å². The van der Waals surface area contributed by atoms with Crippen molar-refractivity contribution in [3.8, 4) is 16.9 Å². The number of halogens is 6. The van der Waals surface area contributed by atoms with Crippen molar-refractivity contribution in [3.05, 3.63) is 119 Å². The zero-order valence-corrected chi connectivity index (χ0v) is 28.8. The Morgan fingerprint density at radius 2 is 1.62 bits per heavy atom. The first-order chi connectivity index (χ1) is 24.5. The molecule has 1 aliphatic heterocycles. The van der Waals surface area contributed by atoms with Gasteiger partial charge in [-0.05, 0) is 66.6 Å².